The van der Waals surface area contributed by atoms with Crippen molar-refractivity contribution in [1.82, 2.24) is 5.32 Å². The number of rotatable bonds is 13. The first kappa shape index (κ1) is 25.0. The lowest BCUT2D eigenvalue weighted by Gasteiger charge is -2.25. The zero-order valence-corrected chi connectivity index (χ0v) is 18.9. The van der Waals surface area contributed by atoms with E-state index in [0.29, 0.717) is 45.2 Å². The van der Waals surface area contributed by atoms with Gasteiger partial charge in [0.2, 0.25) is 5.91 Å². The average molecular weight is 434 g/mol. The second-order valence-electron chi connectivity index (χ2n) is 7.75. The number of carbonyl (C=O) groups is 2. The molecule has 2 atom stereocenters. The van der Waals surface area contributed by atoms with Crippen molar-refractivity contribution in [3.63, 3.8) is 0 Å². The van der Waals surface area contributed by atoms with Crippen LogP contribution in [-0.2, 0) is 19.0 Å². The molecule has 2 rings (SSSR count). The molecule has 1 aromatic carbocycles. The predicted molar refractivity (Wildman–Crippen MR) is 119 cm³/mol. The maximum absolute atomic E-state index is 12.5. The SMILES string of the molecule is C/C=C/COCC(COCCOc1c(C)cc(C=O)cc1C)NC(=O)C1CCCOC1. The third-order valence-corrected chi connectivity index (χ3v) is 5.06. The first-order valence-electron chi connectivity index (χ1n) is 10.9. The number of aryl methyl sites for hydroxylation is 2. The molecule has 1 aromatic rings. The fourth-order valence-corrected chi connectivity index (χ4v) is 3.48. The van der Waals surface area contributed by atoms with Crippen LogP contribution in [0.15, 0.2) is 24.3 Å². The molecule has 1 aliphatic rings. The Morgan fingerprint density at radius 2 is 1.97 bits per heavy atom. The Morgan fingerprint density at radius 1 is 1.23 bits per heavy atom. The molecule has 1 aliphatic heterocycles. The summed E-state index contributed by atoms with van der Waals surface area (Å²) >= 11 is 0. The first-order chi connectivity index (χ1) is 15.0. The van der Waals surface area contributed by atoms with Gasteiger partial charge in [-0.1, -0.05) is 12.2 Å². The lowest BCUT2D eigenvalue weighted by Crippen LogP contribution is -2.46. The highest BCUT2D eigenvalue weighted by atomic mass is 16.5. The molecule has 1 N–H and O–H groups in total. The van der Waals surface area contributed by atoms with E-state index in [9.17, 15) is 9.59 Å². The molecule has 1 amide bonds. The highest BCUT2D eigenvalue weighted by Crippen LogP contribution is 2.24. The standard InChI is InChI=1S/C24H35NO6/c1-4-5-8-29-16-22(25-24(27)21-7-6-9-28-15-21)17-30-10-11-31-23-18(2)12-20(14-26)13-19(23)3/h4-5,12-14,21-22H,6-11,15-17H2,1-3H3,(H,25,27)/b5-4+. The maximum Gasteiger partial charge on any atom is 0.225 e. The van der Waals surface area contributed by atoms with Crippen molar-refractivity contribution >= 4 is 12.2 Å². The lowest BCUT2D eigenvalue weighted by atomic mass is 10.0. The molecular formula is C24H35NO6. The van der Waals surface area contributed by atoms with Gasteiger partial charge in [-0.15, -0.1) is 0 Å². The number of amides is 1. The van der Waals surface area contributed by atoms with Gasteiger partial charge in [0.15, 0.2) is 0 Å². The van der Waals surface area contributed by atoms with Crippen molar-refractivity contribution in [2.45, 2.75) is 39.7 Å². The van der Waals surface area contributed by atoms with Gasteiger partial charge in [0.1, 0.15) is 18.6 Å². The van der Waals surface area contributed by atoms with Gasteiger partial charge in [0.05, 0.1) is 45.0 Å². The van der Waals surface area contributed by atoms with Crippen molar-refractivity contribution in [3.8, 4) is 5.75 Å². The quantitative estimate of drug-likeness (QED) is 0.293. The summed E-state index contributed by atoms with van der Waals surface area (Å²) in [4.78, 5) is 23.5. The molecular weight excluding hydrogens is 398 g/mol. The largest absolute Gasteiger partial charge is 0.491 e. The van der Waals surface area contributed by atoms with E-state index >= 15 is 0 Å². The number of ether oxygens (including phenoxy) is 4. The van der Waals surface area contributed by atoms with Gasteiger partial charge in [-0.3, -0.25) is 9.59 Å². The number of benzene rings is 1. The molecule has 0 aliphatic carbocycles. The number of nitrogens with one attached hydrogen (secondary N) is 1. The van der Waals surface area contributed by atoms with Crippen LogP contribution in [0.2, 0.25) is 0 Å². The van der Waals surface area contributed by atoms with Crippen LogP contribution >= 0.6 is 0 Å². The van der Waals surface area contributed by atoms with E-state index in [2.05, 4.69) is 5.32 Å². The van der Waals surface area contributed by atoms with Gasteiger partial charge in [-0.2, -0.15) is 0 Å². The van der Waals surface area contributed by atoms with Gasteiger partial charge in [0.25, 0.3) is 0 Å². The minimum Gasteiger partial charge on any atom is -0.491 e. The highest BCUT2D eigenvalue weighted by Gasteiger charge is 2.24. The van der Waals surface area contributed by atoms with Crippen LogP contribution in [0, 0.1) is 19.8 Å². The van der Waals surface area contributed by atoms with Crippen LogP contribution in [-0.4, -0.2) is 64.5 Å². The van der Waals surface area contributed by atoms with Crippen molar-refractivity contribution in [2.75, 3.05) is 46.2 Å². The van der Waals surface area contributed by atoms with Crippen molar-refractivity contribution < 1.29 is 28.5 Å². The van der Waals surface area contributed by atoms with Crippen LogP contribution < -0.4 is 10.1 Å². The minimum atomic E-state index is -0.241. The summed E-state index contributed by atoms with van der Waals surface area (Å²) in [6.07, 6.45) is 6.42. The van der Waals surface area contributed by atoms with E-state index < -0.39 is 0 Å². The molecule has 7 heteroatoms. The molecule has 31 heavy (non-hydrogen) atoms. The van der Waals surface area contributed by atoms with Gasteiger partial charge in [-0.25, -0.2) is 0 Å². The molecule has 1 heterocycles. The van der Waals surface area contributed by atoms with E-state index in [1.165, 1.54) is 0 Å². The zero-order valence-electron chi connectivity index (χ0n) is 18.9. The number of aldehydes is 1. The maximum atomic E-state index is 12.5. The van der Waals surface area contributed by atoms with E-state index in [4.69, 9.17) is 18.9 Å². The van der Waals surface area contributed by atoms with Crippen LogP contribution in [0.5, 0.6) is 5.75 Å². The fraction of sp³-hybridized carbons (Fsp3) is 0.583. The Labute approximate surface area is 185 Å². The zero-order chi connectivity index (χ0) is 22.5. The Morgan fingerprint density at radius 3 is 2.61 bits per heavy atom. The Hall–Kier alpha value is -2.22. The molecule has 0 bridgehead atoms. The van der Waals surface area contributed by atoms with Gasteiger partial charge in [-0.05, 0) is 56.9 Å². The van der Waals surface area contributed by atoms with Crippen molar-refractivity contribution in [3.05, 3.63) is 41.0 Å². The fourth-order valence-electron chi connectivity index (χ4n) is 3.48. The summed E-state index contributed by atoms with van der Waals surface area (Å²) in [6.45, 7) is 8.90. The molecule has 0 radical (unpaired) electrons. The van der Waals surface area contributed by atoms with E-state index in [1.54, 1.807) is 12.1 Å². The molecule has 1 fully saturated rings. The molecule has 2 unspecified atom stereocenters. The van der Waals surface area contributed by atoms with Gasteiger partial charge in [0, 0.05) is 12.2 Å². The third kappa shape index (κ3) is 8.81. The summed E-state index contributed by atoms with van der Waals surface area (Å²) in [5.74, 6) is 0.641. The summed E-state index contributed by atoms with van der Waals surface area (Å²) < 4.78 is 22.7. The molecule has 0 aromatic heterocycles. The Balaban J connectivity index is 1.79. The van der Waals surface area contributed by atoms with Crippen molar-refractivity contribution in [2.24, 2.45) is 5.92 Å². The smallest absolute Gasteiger partial charge is 0.225 e. The summed E-state index contributed by atoms with van der Waals surface area (Å²) in [7, 11) is 0. The number of hydrogen-bond acceptors (Lipinski definition) is 6. The van der Waals surface area contributed by atoms with Crippen LogP contribution in [0.4, 0.5) is 0 Å². The lowest BCUT2D eigenvalue weighted by molar-refractivity contribution is -0.130. The normalized spacial score (nSPS) is 17.5. The molecule has 7 nitrogen and oxygen atoms in total. The van der Waals surface area contributed by atoms with E-state index in [-0.39, 0.29) is 17.9 Å². The number of allylic oxidation sites excluding steroid dienone is 1. The van der Waals surface area contributed by atoms with Crippen molar-refractivity contribution in [1.29, 1.82) is 0 Å². The Kier molecular flexibility index (Phi) is 11.3. The van der Waals surface area contributed by atoms with E-state index in [0.717, 1.165) is 42.6 Å². The molecule has 1 saturated heterocycles. The van der Waals surface area contributed by atoms with Crippen LogP contribution in [0.25, 0.3) is 0 Å². The van der Waals surface area contributed by atoms with Crippen LogP contribution in [0.3, 0.4) is 0 Å². The van der Waals surface area contributed by atoms with E-state index in [1.807, 2.05) is 32.9 Å². The molecule has 172 valence electrons. The van der Waals surface area contributed by atoms with Gasteiger partial charge < -0.3 is 24.3 Å². The number of carbonyl (C=O) groups excluding carboxylic acids is 2. The topological polar surface area (TPSA) is 83.1 Å². The summed E-state index contributed by atoms with van der Waals surface area (Å²) in [5, 5.41) is 3.04. The summed E-state index contributed by atoms with van der Waals surface area (Å²) in [5.41, 5.74) is 2.47. The van der Waals surface area contributed by atoms with Crippen LogP contribution in [0.1, 0.15) is 41.3 Å². The average Bonchev–Trinajstić information content (AvgIpc) is 2.78. The monoisotopic (exact) mass is 433 g/mol. The molecule has 0 saturated carbocycles. The third-order valence-electron chi connectivity index (χ3n) is 5.06. The first-order valence-corrected chi connectivity index (χ1v) is 10.9. The predicted octanol–water partition coefficient (Wildman–Crippen LogP) is 3.02. The second-order valence-corrected chi connectivity index (χ2v) is 7.75. The number of hydrogen-bond donors (Lipinski definition) is 1. The van der Waals surface area contributed by atoms with Gasteiger partial charge >= 0.3 is 0 Å². The Bertz CT molecular complexity index is 704. The highest BCUT2D eigenvalue weighted by molar-refractivity contribution is 5.79. The molecule has 0 spiro atoms. The minimum absolute atomic E-state index is 0.0132. The second kappa shape index (κ2) is 14.0. The summed E-state index contributed by atoms with van der Waals surface area (Å²) in [6, 6.07) is 3.37.